The minimum atomic E-state index is 0.437. The normalized spacial score (nSPS) is 16.5. The second kappa shape index (κ2) is 9.78. The SMILES string of the molecule is CCC(C)c1ccc2c(c1)c1cc(C3=CC=C(Nc4ccccc4)CC3C)ccc1n2-c1ccccc1. The van der Waals surface area contributed by atoms with E-state index in [4.69, 9.17) is 0 Å². The summed E-state index contributed by atoms with van der Waals surface area (Å²) in [5, 5.41) is 6.26. The van der Waals surface area contributed by atoms with Crippen LogP contribution in [0.1, 0.15) is 50.7 Å². The highest BCUT2D eigenvalue weighted by atomic mass is 15.0. The first-order valence-electron chi connectivity index (χ1n) is 13.5. The van der Waals surface area contributed by atoms with E-state index in [1.54, 1.807) is 0 Å². The average molecular weight is 483 g/mol. The van der Waals surface area contributed by atoms with Crippen LogP contribution in [0.25, 0.3) is 33.1 Å². The fourth-order valence-electron chi connectivity index (χ4n) is 5.66. The molecule has 0 saturated heterocycles. The molecule has 37 heavy (non-hydrogen) atoms. The van der Waals surface area contributed by atoms with Crippen LogP contribution in [-0.4, -0.2) is 4.57 Å². The maximum Gasteiger partial charge on any atom is 0.0541 e. The first-order valence-corrected chi connectivity index (χ1v) is 13.5. The van der Waals surface area contributed by atoms with Crippen molar-refractivity contribution in [2.75, 3.05) is 5.32 Å². The van der Waals surface area contributed by atoms with Gasteiger partial charge in [0.25, 0.3) is 0 Å². The van der Waals surface area contributed by atoms with Crippen molar-refractivity contribution in [3.05, 3.63) is 126 Å². The molecule has 1 aliphatic rings. The van der Waals surface area contributed by atoms with E-state index in [-0.39, 0.29) is 0 Å². The molecule has 2 heteroatoms. The molecular formula is C35H34N2. The van der Waals surface area contributed by atoms with Gasteiger partial charge in [0.2, 0.25) is 0 Å². The third-order valence-electron chi connectivity index (χ3n) is 7.92. The predicted molar refractivity (Wildman–Crippen MR) is 159 cm³/mol. The van der Waals surface area contributed by atoms with Gasteiger partial charge in [-0.25, -0.2) is 0 Å². The zero-order valence-corrected chi connectivity index (χ0v) is 21.9. The molecule has 4 aromatic carbocycles. The fourth-order valence-corrected chi connectivity index (χ4v) is 5.66. The Hall–Kier alpha value is -4.04. The summed E-state index contributed by atoms with van der Waals surface area (Å²) in [6, 6.07) is 35.3. The van der Waals surface area contributed by atoms with E-state index in [0.717, 1.165) is 18.5 Å². The molecule has 1 N–H and O–H groups in total. The number of para-hydroxylation sites is 2. The molecule has 0 saturated carbocycles. The molecule has 1 heterocycles. The highest BCUT2D eigenvalue weighted by molar-refractivity contribution is 6.10. The van der Waals surface area contributed by atoms with E-state index in [1.807, 2.05) is 0 Å². The molecule has 2 nitrogen and oxygen atoms in total. The number of hydrogen-bond acceptors (Lipinski definition) is 1. The van der Waals surface area contributed by atoms with Gasteiger partial charge in [-0.15, -0.1) is 0 Å². The standard InChI is InChI=1S/C35H34N2/c1-4-24(2)26-15-19-34-32(22-26)33-23-27(16-20-35(33)37(34)30-13-9-6-10-14-30)31-18-17-29(21-25(31)3)36-28-11-7-5-8-12-28/h5-20,22-25,36H,4,21H2,1-3H3. The summed E-state index contributed by atoms with van der Waals surface area (Å²) in [7, 11) is 0. The van der Waals surface area contributed by atoms with Gasteiger partial charge in [0.05, 0.1) is 11.0 Å². The van der Waals surface area contributed by atoms with Crippen molar-refractivity contribution >= 4 is 33.1 Å². The van der Waals surface area contributed by atoms with Crippen LogP contribution in [0.5, 0.6) is 0 Å². The van der Waals surface area contributed by atoms with Crippen molar-refractivity contribution in [1.82, 2.24) is 4.57 Å². The van der Waals surface area contributed by atoms with E-state index in [9.17, 15) is 0 Å². The highest BCUT2D eigenvalue weighted by Gasteiger charge is 2.20. The lowest BCUT2D eigenvalue weighted by atomic mass is 9.86. The smallest absolute Gasteiger partial charge is 0.0541 e. The number of anilines is 1. The Kier molecular flexibility index (Phi) is 6.18. The maximum absolute atomic E-state index is 3.59. The fraction of sp³-hybridized carbons (Fsp3) is 0.200. The van der Waals surface area contributed by atoms with Crippen LogP contribution in [0.4, 0.5) is 5.69 Å². The van der Waals surface area contributed by atoms with Crippen LogP contribution in [0, 0.1) is 5.92 Å². The predicted octanol–water partition coefficient (Wildman–Crippen LogP) is 9.72. The summed E-state index contributed by atoms with van der Waals surface area (Å²) in [5.74, 6) is 0.983. The number of aromatic nitrogens is 1. The lowest BCUT2D eigenvalue weighted by Crippen LogP contribution is -2.10. The summed E-state index contributed by atoms with van der Waals surface area (Å²) in [6.45, 7) is 6.93. The molecule has 2 atom stereocenters. The summed E-state index contributed by atoms with van der Waals surface area (Å²) < 4.78 is 2.41. The van der Waals surface area contributed by atoms with Gasteiger partial charge in [0, 0.05) is 27.8 Å². The van der Waals surface area contributed by atoms with Crippen LogP contribution in [0.2, 0.25) is 0 Å². The summed E-state index contributed by atoms with van der Waals surface area (Å²) in [6.07, 6.45) is 6.70. The summed E-state index contributed by atoms with van der Waals surface area (Å²) >= 11 is 0. The highest BCUT2D eigenvalue weighted by Crippen LogP contribution is 2.38. The minimum absolute atomic E-state index is 0.437. The molecule has 0 bridgehead atoms. The number of benzene rings is 4. The van der Waals surface area contributed by atoms with Crippen LogP contribution in [0.3, 0.4) is 0 Å². The van der Waals surface area contributed by atoms with Crippen LogP contribution in [0.15, 0.2) is 115 Å². The van der Waals surface area contributed by atoms with Crippen molar-refractivity contribution in [1.29, 1.82) is 0 Å². The van der Waals surface area contributed by atoms with E-state index >= 15 is 0 Å². The first kappa shape index (κ1) is 23.4. The molecule has 0 fully saturated rings. The molecule has 1 aliphatic carbocycles. The second-order valence-corrected chi connectivity index (χ2v) is 10.4. The Labute approximate surface area is 220 Å². The molecule has 184 valence electrons. The molecule has 6 rings (SSSR count). The third kappa shape index (κ3) is 4.38. The van der Waals surface area contributed by atoms with Crippen LogP contribution >= 0.6 is 0 Å². The number of allylic oxidation sites excluding steroid dienone is 4. The Morgan fingerprint density at radius 2 is 1.49 bits per heavy atom. The quantitative estimate of drug-likeness (QED) is 0.255. The molecule has 5 aromatic rings. The van der Waals surface area contributed by atoms with Crippen molar-refractivity contribution in [2.45, 2.75) is 39.5 Å². The van der Waals surface area contributed by atoms with Gasteiger partial charge in [-0.1, -0.05) is 75.4 Å². The van der Waals surface area contributed by atoms with Crippen molar-refractivity contribution in [2.24, 2.45) is 5.92 Å². The van der Waals surface area contributed by atoms with Gasteiger partial charge in [0.1, 0.15) is 0 Å². The Morgan fingerprint density at radius 1 is 0.811 bits per heavy atom. The van der Waals surface area contributed by atoms with E-state index in [1.165, 1.54) is 49.9 Å². The molecule has 0 amide bonds. The van der Waals surface area contributed by atoms with Crippen molar-refractivity contribution in [3.63, 3.8) is 0 Å². The monoisotopic (exact) mass is 482 g/mol. The summed E-state index contributed by atoms with van der Waals surface area (Å²) in [5.41, 5.74) is 10.3. The Morgan fingerprint density at radius 3 is 2.19 bits per heavy atom. The zero-order chi connectivity index (χ0) is 25.4. The maximum atomic E-state index is 3.59. The third-order valence-corrected chi connectivity index (χ3v) is 7.92. The van der Waals surface area contributed by atoms with Gasteiger partial charge in [0.15, 0.2) is 0 Å². The Bertz CT molecular complexity index is 1620. The molecule has 0 spiro atoms. The topological polar surface area (TPSA) is 17.0 Å². The van der Waals surface area contributed by atoms with Crippen LogP contribution < -0.4 is 5.32 Å². The van der Waals surface area contributed by atoms with Crippen molar-refractivity contribution < 1.29 is 0 Å². The number of nitrogens with one attached hydrogen (secondary N) is 1. The largest absolute Gasteiger partial charge is 0.359 e. The number of fused-ring (bicyclic) bond motifs is 3. The summed E-state index contributed by atoms with van der Waals surface area (Å²) in [4.78, 5) is 0. The lowest BCUT2D eigenvalue weighted by molar-refractivity contribution is 0.730. The first-order chi connectivity index (χ1) is 18.1. The zero-order valence-electron chi connectivity index (χ0n) is 21.9. The van der Waals surface area contributed by atoms with E-state index in [2.05, 4.69) is 140 Å². The van der Waals surface area contributed by atoms with Gasteiger partial charge in [-0.05, 0) is 96.0 Å². The molecular weight excluding hydrogens is 448 g/mol. The van der Waals surface area contributed by atoms with Gasteiger partial charge in [-0.2, -0.15) is 0 Å². The van der Waals surface area contributed by atoms with E-state index < -0.39 is 0 Å². The van der Waals surface area contributed by atoms with E-state index in [0.29, 0.717) is 11.8 Å². The van der Waals surface area contributed by atoms with Gasteiger partial charge in [-0.3, -0.25) is 0 Å². The van der Waals surface area contributed by atoms with Crippen LogP contribution in [-0.2, 0) is 0 Å². The molecule has 0 radical (unpaired) electrons. The Balaban J connectivity index is 1.47. The minimum Gasteiger partial charge on any atom is -0.359 e. The number of hydrogen-bond donors (Lipinski definition) is 1. The molecule has 0 aliphatic heterocycles. The van der Waals surface area contributed by atoms with Gasteiger partial charge < -0.3 is 9.88 Å². The number of nitrogens with zero attached hydrogens (tertiary/aromatic N) is 1. The number of rotatable bonds is 6. The second-order valence-electron chi connectivity index (χ2n) is 10.4. The lowest BCUT2D eigenvalue weighted by Gasteiger charge is -2.23. The van der Waals surface area contributed by atoms with Gasteiger partial charge >= 0.3 is 0 Å². The molecule has 2 unspecified atom stereocenters. The van der Waals surface area contributed by atoms with Crippen molar-refractivity contribution in [3.8, 4) is 5.69 Å². The average Bonchev–Trinajstić information content (AvgIpc) is 3.26. The molecule has 1 aromatic heterocycles.